The number of likely N-dealkylation sites (N-methyl/N-ethyl adjacent to an activating group) is 1. The van der Waals surface area contributed by atoms with Gasteiger partial charge in [-0.15, -0.1) is 0 Å². The van der Waals surface area contributed by atoms with E-state index in [4.69, 9.17) is 23.2 Å². The van der Waals surface area contributed by atoms with Crippen LogP contribution in [0.2, 0.25) is 10.0 Å². The van der Waals surface area contributed by atoms with E-state index in [9.17, 15) is 0 Å². The Morgan fingerprint density at radius 2 is 1.90 bits per heavy atom. The molecule has 0 amide bonds. The molecule has 0 saturated heterocycles. The molecule has 21 heavy (non-hydrogen) atoms. The van der Waals surface area contributed by atoms with E-state index in [0.29, 0.717) is 11.1 Å². The lowest BCUT2D eigenvalue weighted by molar-refractivity contribution is 0.112. The number of nitrogens with one attached hydrogen (secondary N) is 1. The third-order valence-electron chi connectivity index (χ3n) is 4.57. The Kier molecular flexibility index (Phi) is 7.49. The van der Waals surface area contributed by atoms with E-state index in [2.05, 4.69) is 45.1 Å². The van der Waals surface area contributed by atoms with Gasteiger partial charge in [0.1, 0.15) is 0 Å². The highest BCUT2D eigenvalue weighted by molar-refractivity contribution is 6.35. The molecular weight excluding hydrogens is 303 g/mol. The van der Waals surface area contributed by atoms with Crippen molar-refractivity contribution < 1.29 is 0 Å². The van der Waals surface area contributed by atoms with Crippen molar-refractivity contribution in [3.05, 3.63) is 33.8 Å². The highest BCUT2D eigenvalue weighted by Crippen LogP contribution is 2.28. The van der Waals surface area contributed by atoms with Crippen LogP contribution in [0.25, 0.3) is 0 Å². The Balaban J connectivity index is 3.02. The minimum absolute atomic E-state index is 0.0815. The Labute approximate surface area is 139 Å². The lowest BCUT2D eigenvalue weighted by atomic mass is 9.84. The molecule has 1 rings (SSSR count). The van der Waals surface area contributed by atoms with E-state index >= 15 is 0 Å². The molecule has 2 unspecified atom stereocenters. The summed E-state index contributed by atoms with van der Waals surface area (Å²) in [6.45, 7) is 7.76. The van der Waals surface area contributed by atoms with Crippen LogP contribution in [0, 0.1) is 0 Å². The highest BCUT2D eigenvalue weighted by Gasteiger charge is 2.34. The molecule has 120 valence electrons. The predicted octanol–water partition coefficient (Wildman–Crippen LogP) is 4.63. The molecule has 0 aliphatic heterocycles. The largest absolute Gasteiger partial charge is 0.312 e. The smallest absolute Gasteiger partial charge is 0.0453 e. The van der Waals surface area contributed by atoms with Crippen LogP contribution in [-0.2, 0) is 6.42 Å². The molecule has 2 atom stereocenters. The number of hydrogen-bond donors (Lipinski definition) is 1. The van der Waals surface area contributed by atoms with E-state index in [1.807, 2.05) is 18.2 Å². The first-order chi connectivity index (χ1) is 9.85. The second-order valence-corrected chi connectivity index (χ2v) is 6.90. The van der Waals surface area contributed by atoms with Gasteiger partial charge in [-0.3, -0.25) is 0 Å². The van der Waals surface area contributed by atoms with Crippen molar-refractivity contribution in [2.24, 2.45) is 0 Å². The predicted molar refractivity (Wildman–Crippen MR) is 94.6 cm³/mol. The number of rotatable bonds is 8. The van der Waals surface area contributed by atoms with Gasteiger partial charge in [-0.25, -0.2) is 0 Å². The molecule has 1 aromatic rings. The minimum atomic E-state index is 0.0815. The molecule has 2 nitrogen and oxygen atoms in total. The van der Waals surface area contributed by atoms with E-state index in [-0.39, 0.29) is 5.54 Å². The molecule has 0 aliphatic rings. The normalized spacial score (nSPS) is 16.0. The lowest BCUT2D eigenvalue weighted by Gasteiger charge is -2.43. The van der Waals surface area contributed by atoms with E-state index in [1.165, 1.54) is 0 Å². The first kappa shape index (κ1) is 18.8. The SMILES string of the molecule is CCCNC(Cc1ccc(Cl)cc1Cl)C(C)(CC)N(C)C. The first-order valence-corrected chi connectivity index (χ1v) is 8.45. The number of hydrogen-bond acceptors (Lipinski definition) is 2. The molecule has 0 spiro atoms. The summed E-state index contributed by atoms with van der Waals surface area (Å²) in [5.41, 5.74) is 1.23. The maximum atomic E-state index is 6.35. The summed E-state index contributed by atoms with van der Waals surface area (Å²) in [5.74, 6) is 0. The van der Waals surface area contributed by atoms with Crippen molar-refractivity contribution >= 4 is 23.2 Å². The fourth-order valence-electron chi connectivity index (χ4n) is 2.61. The van der Waals surface area contributed by atoms with Crippen LogP contribution in [0.1, 0.15) is 39.2 Å². The Hall–Kier alpha value is -0.280. The number of halogens is 2. The van der Waals surface area contributed by atoms with Gasteiger partial charge in [0.25, 0.3) is 0 Å². The first-order valence-electron chi connectivity index (χ1n) is 7.69. The maximum absolute atomic E-state index is 6.35. The van der Waals surface area contributed by atoms with Gasteiger partial charge in [-0.05, 0) is 64.5 Å². The fraction of sp³-hybridized carbons (Fsp3) is 0.647. The molecule has 0 radical (unpaired) electrons. The second-order valence-electron chi connectivity index (χ2n) is 6.05. The topological polar surface area (TPSA) is 15.3 Å². The Morgan fingerprint density at radius 3 is 2.38 bits per heavy atom. The van der Waals surface area contributed by atoms with Crippen molar-refractivity contribution in [1.29, 1.82) is 0 Å². The van der Waals surface area contributed by atoms with Crippen molar-refractivity contribution in [2.75, 3.05) is 20.6 Å². The van der Waals surface area contributed by atoms with Crippen molar-refractivity contribution in [2.45, 2.75) is 51.6 Å². The molecular formula is C17H28Cl2N2. The van der Waals surface area contributed by atoms with Crippen LogP contribution in [0.5, 0.6) is 0 Å². The van der Waals surface area contributed by atoms with Gasteiger partial charge in [-0.2, -0.15) is 0 Å². The average molecular weight is 331 g/mol. The summed E-state index contributed by atoms with van der Waals surface area (Å²) < 4.78 is 0. The van der Waals surface area contributed by atoms with Gasteiger partial charge < -0.3 is 10.2 Å². The summed E-state index contributed by atoms with van der Waals surface area (Å²) in [6, 6.07) is 6.13. The monoisotopic (exact) mass is 330 g/mol. The summed E-state index contributed by atoms with van der Waals surface area (Å²) in [4.78, 5) is 2.31. The fourth-order valence-corrected chi connectivity index (χ4v) is 3.10. The summed E-state index contributed by atoms with van der Waals surface area (Å²) in [6.07, 6.45) is 3.10. The zero-order valence-electron chi connectivity index (χ0n) is 13.8. The molecule has 0 fully saturated rings. The van der Waals surface area contributed by atoms with Crippen LogP contribution < -0.4 is 5.32 Å². The summed E-state index contributed by atoms with van der Waals surface area (Å²) in [7, 11) is 4.29. The Bertz CT molecular complexity index is 448. The van der Waals surface area contributed by atoms with Crippen LogP contribution >= 0.6 is 23.2 Å². The third-order valence-corrected chi connectivity index (χ3v) is 5.15. The van der Waals surface area contributed by atoms with Gasteiger partial charge >= 0.3 is 0 Å². The molecule has 0 saturated carbocycles. The highest BCUT2D eigenvalue weighted by atomic mass is 35.5. The van der Waals surface area contributed by atoms with Crippen LogP contribution in [0.3, 0.4) is 0 Å². The van der Waals surface area contributed by atoms with Gasteiger partial charge in [0, 0.05) is 21.6 Å². The van der Waals surface area contributed by atoms with E-state index in [1.54, 1.807) is 0 Å². The third kappa shape index (κ3) is 4.85. The molecule has 1 N–H and O–H groups in total. The lowest BCUT2D eigenvalue weighted by Crippen LogP contribution is -2.58. The Morgan fingerprint density at radius 1 is 1.24 bits per heavy atom. The van der Waals surface area contributed by atoms with E-state index in [0.717, 1.165) is 36.4 Å². The molecule has 0 bridgehead atoms. The molecule has 0 aromatic heterocycles. The van der Waals surface area contributed by atoms with E-state index < -0.39 is 0 Å². The summed E-state index contributed by atoms with van der Waals surface area (Å²) in [5, 5.41) is 5.14. The van der Waals surface area contributed by atoms with Gasteiger partial charge in [0.05, 0.1) is 0 Å². The van der Waals surface area contributed by atoms with Crippen molar-refractivity contribution in [1.82, 2.24) is 10.2 Å². The van der Waals surface area contributed by atoms with Gasteiger partial charge in [0.15, 0.2) is 0 Å². The zero-order chi connectivity index (χ0) is 16.0. The number of benzene rings is 1. The standard InChI is InChI=1S/C17H28Cl2N2/c1-6-10-20-16(17(3,7-2)21(4)5)11-13-8-9-14(18)12-15(13)19/h8-9,12,16,20H,6-7,10-11H2,1-5H3. The number of nitrogens with zero attached hydrogens (tertiary/aromatic N) is 1. The minimum Gasteiger partial charge on any atom is -0.312 e. The average Bonchev–Trinajstić information content (AvgIpc) is 2.44. The van der Waals surface area contributed by atoms with Crippen LogP contribution in [0.15, 0.2) is 18.2 Å². The summed E-state index contributed by atoms with van der Waals surface area (Å²) >= 11 is 12.4. The molecule has 1 aromatic carbocycles. The zero-order valence-corrected chi connectivity index (χ0v) is 15.4. The van der Waals surface area contributed by atoms with Crippen molar-refractivity contribution in [3.63, 3.8) is 0 Å². The maximum Gasteiger partial charge on any atom is 0.0453 e. The van der Waals surface area contributed by atoms with Gasteiger partial charge in [-0.1, -0.05) is 43.1 Å². The quantitative estimate of drug-likeness (QED) is 0.747. The van der Waals surface area contributed by atoms with Crippen molar-refractivity contribution in [3.8, 4) is 0 Å². The molecule has 4 heteroatoms. The molecule has 0 heterocycles. The molecule has 0 aliphatic carbocycles. The van der Waals surface area contributed by atoms with Crippen LogP contribution in [0.4, 0.5) is 0 Å². The van der Waals surface area contributed by atoms with Gasteiger partial charge in [0.2, 0.25) is 0 Å². The second kappa shape index (κ2) is 8.38. The van der Waals surface area contributed by atoms with Crippen LogP contribution in [-0.4, -0.2) is 37.1 Å².